The first-order chi connectivity index (χ1) is 11.7. The summed E-state index contributed by atoms with van der Waals surface area (Å²) in [6.07, 6.45) is 8.27. The molecule has 2 aliphatic rings. The lowest BCUT2D eigenvalue weighted by Crippen LogP contribution is -2.40. The molecule has 1 aliphatic heterocycles. The average Bonchev–Trinajstić information content (AvgIpc) is 3.19. The molecule has 0 radical (unpaired) electrons. The predicted molar refractivity (Wildman–Crippen MR) is 99.7 cm³/mol. The van der Waals surface area contributed by atoms with Crippen molar-refractivity contribution < 1.29 is 0 Å². The maximum Gasteiger partial charge on any atom is 0.170 e. The summed E-state index contributed by atoms with van der Waals surface area (Å²) in [4.78, 5) is 10.6. The molecule has 0 bridgehead atoms. The third-order valence-electron chi connectivity index (χ3n) is 5.28. The Kier molecular flexibility index (Phi) is 4.27. The summed E-state index contributed by atoms with van der Waals surface area (Å²) in [7, 11) is 0. The van der Waals surface area contributed by atoms with Crippen molar-refractivity contribution in [2.24, 2.45) is 0 Å². The lowest BCUT2D eigenvalue weighted by Gasteiger charge is -2.36. The Bertz CT molecular complexity index is 705. The molecule has 0 amide bonds. The molecule has 4 rings (SSSR count). The van der Waals surface area contributed by atoms with Crippen molar-refractivity contribution in [3.8, 4) is 0 Å². The van der Waals surface area contributed by atoms with Crippen molar-refractivity contribution in [2.45, 2.75) is 57.2 Å². The van der Waals surface area contributed by atoms with E-state index < -0.39 is 0 Å². The van der Waals surface area contributed by atoms with Gasteiger partial charge in [0.1, 0.15) is 0 Å². The van der Waals surface area contributed by atoms with Crippen LogP contribution in [0.1, 0.15) is 61.3 Å². The van der Waals surface area contributed by atoms with E-state index in [1.807, 2.05) is 18.3 Å². The quantitative estimate of drug-likeness (QED) is 0.828. The monoisotopic (exact) mass is 340 g/mol. The van der Waals surface area contributed by atoms with Crippen molar-refractivity contribution in [1.82, 2.24) is 20.2 Å². The van der Waals surface area contributed by atoms with E-state index in [0.717, 1.165) is 10.8 Å². The minimum absolute atomic E-state index is 0.0960. The molecule has 2 aromatic heterocycles. The second-order valence-electron chi connectivity index (χ2n) is 6.92. The van der Waals surface area contributed by atoms with Crippen molar-refractivity contribution in [3.63, 3.8) is 0 Å². The van der Waals surface area contributed by atoms with Crippen LogP contribution in [0.5, 0.6) is 0 Å². The smallest absolute Gasteiger partial charge is 0.170 e. The average molecular weight is 340 g/mol. The van der Waals surface area contributed by atoms with E-state index in [-0.39, 0.29) is 12.1 Å². The maximum atomic E-state index is 5.76. The molecule has 1 saturated carbocycles. The van der Waals surface area contributed by atoms with Crippen molar-refractivity contribution in [2.75, 3.05) is 0 Å². The SMILES string of the molecule is Cc1ccc([C@H]2[C@@H](c3ccccn3)NC(=S)N2C2CCCCC2)[nH]1. The number of pyridine rings is 1. The molecule has 4 nitrogen and oxygen atoms in total. The van der Waals surface area contributed by atoms with Gasteiger partial charge < -0.3 is 15.2 Å². The molecule has 0 spiro atoms. The van der Waals surface area contributed by atoms with E-state index in [2.05, 4.69) is 45.3 Å². The van der Waals surface area contributed by atoms with Gasteiger partial charge in [-0.2, -0.15) is 0 Å². The highest BCUT2D eigenvalue weighted by atomic mass is 32.1. The fraction of sp³-hybridized carbons (Fsp3) is 0.474. The van der Waals surface area contributed by atoms with Gasteiger partial charge in [0.25, 0.3) is 0 Å². The number of aromatic nitrogens is 2. The maximum absolute atomic E-state index is 5.76. The molecule has 5 heteroatoms. The molecular formula is C19H24N4S. The van der Waals surface area contributed by atoms with Crippen LogP contribution in [0, 0.1) is 6.92 Å². The van der Waals surface area contributed by atoms with E-state index in [0.29, 0.717) is 6.04 Å². The van der Waals surface area contributed by atoms with Gasteiger partial charge in [0.15, 0.2) is 5.11 Å². The molecular weight excluding hydrogens is 316 g/mol. The van der Waals surface area contributed by atoms with Gasteiger partial charge in [-0.1, -0.05) is 25.3 Å². The highest BCUT2D eigenvalue weighted by Crippen LogP contribution is 2.41. The molecule has 3 heterocycles. The molecule has 24 heavy (non-hydrogen) atoms. The van der Waals surface area contributed by atoms with E-state index in [9.17, 15) is 0 Å². The van der Waals surface area contributed by atoms with E-state index in [4.69, 9.17) is 12.2 Å². The van der Waals surface area contributed by atoms with Crippen molar-refractivity contribution >= 4 is 17.3 Å². The van der Waals surface area contributed by atoms with Gasteiger partial charge in [-0.15, -0.1) is 0 Å². The third-order valence-corrected chi connectivity index (χ3v) is 5.61. The van der Waals surface area contributed by atoms with Gasteiger partial charge in [-0.3, -0.25) is 4.98 Å². The summed E-state index contributed by atoms with van der Waals surface area (Å²) in [5, 5.41) is 4.42. The van der Waals surface area contributed by atoms with E-state index in [1.54, 1.807) is 0 Å². The van der Waals surface area contributed by atoms with Crippen molar-refractivity contribution in [3.05, 3.63) is 53.6 Å². The lowest BCUT2D eigenvalue weighted by molar-refractivity contribution is 0.194. The number of nitrogens with one attached hydrogen (secondary N) is 2. The fourth-order valence-corrected chi connectivity index (χ4v) is 4.54. The standard InChI is InChI=1S/C19H24N4S/c1-13-10-11-16(21-13)18-17(15-9-5-6-12-20-15)22-19(24)23(18)14-7-3-2-4-8-14/h5-6,9-12,14,17-18,21H,2-4,7-8H2,1H3,(H,22,24)/t17-,18+/m1/s1. The summed E-state index contributed by atoms with van der Waals surface area (Å²) in [5.41, 5.74) is 3.46. The highest BCUT2D eigenvalue weighted by molar-refractivity contribution is 7.80. The summed E-state index contributed by atoms with van der Waals surface area (Å²) in [6, 6.07) is 11.3. The van der Waals surface area contributed by atoms with E-state index >= 15 is 0 Å². The first kappa shape index (κ1) is 15.6. The van der Waals surface area contributed by atoms with Crippen LogP contribution >= 0.6 is 12.2 Å². The minimum Gasteiger partial charge on any atom is -0.361 e. The minimum atomic E-state index is 0.0960. The zero-order valence-electron chi connectivity index (χ0n) is 14.0. The summed E-state index contributed by atoms with van der Waals surface area (Å²) < 4.78 is 0. The summed E-state index contributed by atoms with van der Waals surface area (Å²) in [5.74, 6) is 0. The van der Waals surface area contributed by atoms with E-state index in [1.165, 1.54) is 43.5 Å². The van der Waals surface area contributed by atoms with Crippen LogP contribution in [-0.2, 0) is 0 Å². The second-order valence-corrected chi connectivity index (χ2v) is 7.31. The first-order valence-electron chi connectivity index (χ1n) is 8.89. The predicted octanol–water partition coefficient (Wildman–Crippen LogP) is 4.02. The van der Waals surface area contributed by atoms with Crippen LogP contribution in [0.15, 0.2) is 36.5 Å². The number of H-pyrrole nitrogens is 1. The third kappa shape index (κ3) is 2.81. The summed E-state index contributed by atoms with van der Waals surface area (Å²) >= 11 is 5.76. The number of thiocarbonyl (C=S) groups is 1. The van der Waals surface area contributed by atoms with Crippen molar-refractivity contribution in [1.29, 1.82) is 0 Å². The molecule has 2 fully saturated rings. The number of aromatic amines is 1. The number of hydrogen-bond acceptors (Lipinski definition) is 2. The number of nitrogens with zero attached hydrogens (tertiary/aromatic N) is 2. The fourth-order valence-electron chi connectivity index (χ4n) is 4.15. The Labute approximate surface area is 148 Å². The van der Waals surface area contributed by atoms with Crippen LogP contribution < -0.4 is 5.32 Å². The first-order valence-corrected chi connectivity index (χ1v) is 9.30. The van der Waals surface area contributed by atoms with Crippen LogP contribution in [0.25, 0.3) is 0 Å². The van der Waals surface area contributed by atoms with Crippen LogP contribution in [0.3, 0.4) is 0 Å². The molecule has 0 aromatic carbocycles. The van der Waals surface area contributed by atoms with Gasteiger partial charge >= 0.3 is 0 Å². The topological polar surface area (TPSA) is 44.0 Å². The Morgan fingerprint density at radius 1 is 1.12 bits per heavy atom. The number of hydrogen-bond donors (Lipinski definition) is 2. The van der Waals surface area contributed by atoms with Gasteiger partial charge in [-0.05, 0) is 56.2 Å². The Balaban J connectivity index is 1.73. The normalized spacial score (nSPS) is 25.0. The Morgan fingerprint density at radius 3 is 2.62 bits per heavy atom. The highest BCUT2D eigenvalue weighted by Gasteiger charge is 2.43. The van der Waals surface area contributed by atoms with Gasteiger partial charge in [0.05, 0.1) is 17.8 Å². The van der Waals surface area contributed by atoms with Gasteiger partial charge in [0.2, 0.25) is 0 Å². The van der Waals surface area contributed by atoms with Crippen LogP contribution in [0.2, 0.25) is 0 Å². The molecule has 126 valence electrons. The van der Waals surface area contributed by atoms with Crippen LogP contribution in [-0.4, -0.2) is 26.0 Å². The molecule has 2 aromatic rings. The molecule has 0 unspecified atom stereocenters. The van der Waals surface area contributed by atoms with Gasteiger partial charge in [-0.25, -0.2) is 0 Å². The number of aryl methyl sites for hydroxylation is 1. The molecule has 1 saturated heterocycles. The van der Waals surface area contributed by atoms with Gasteiger partial charge in [0, 0.05) is 23.6 Å². The molecule has 2 N–H and O–H groups in total. The van der Waals surface area contributed by atoms with Crippen LogP contribution in [0.4, 0.5) is 0 Å². The molecule has 2 atom stereocenters. The zero-order valence-corrected chi connectivity index (χ0v) is 14.9. The Morgan fingerprint density at radius 2 is 1.96 bits per heavy atom. The lowest BCUT2D eigenvalue weighted by atomic mass is 9.92. The second kappa shape index (κ2) is 6.55. The summed E-state index contributed by atoms with van der Waals surface area (Å²) in [6.45, 7) is 2.10. The largest absolute Gasteiger partial charge is 0.361 e. The number of rotatable bonds is 3. The molecule has 1 aliphatic carbocycles. The Hall–Kier alpha value is -1.88. The zero-order chi connectivity index (χ0) is 16.5.